The summed E-state index contributed by atoms with van der Waals surface area (Å²) < 4.78 is 17.6. The molecule has 3 rings (SSSR count). The molecule has 0 aliphatic carbocycles. The van der Waals surface area contributed by atoms with Gasteiger partial charge in [0, 0.05) is 43.0 Å². The van der Waals surface area contributed by atoms with Crippen molar-refractivity contribution < 1.29 is 23.6 Å². The summed E-state index contributed by atoms with van der Waals surface area (Å²) in [4.78, 5) is 38.9. The van der Waals surface area contributed by atoms with E-state index < -0.39 is 36.1 Å². The first-order valence-electron chi connectivity index (χ1n) is 13.7. The SMILES string of the molecule is CC(C)N(C[C@@H]1CCCCN1C(=O)[C@H](C)NC(=O)OC(C)(C)C)c1ncc(B2OC(C)(C)C(C)(C)O2)cn1. The van der Waals surface area contributed by atoms with E-state index >= 15 is 0 Å². The number of amides is 2. The van der Waals surface area contributed by atoms with E-state index in [1.165, 1.54) is 0 Å². The zero-order valence-electron chi connectivity index (χ0n) is 24.8. The lowest BCUT2D eigenvalue weighted by Gasteiger charge is -2.41. The minimum absolute atomic E-state index is 0.0205. The number of anilines is 1. The zero-order chi connectivity index (χ0) is 28.5. The van der Waals surface area contributed by atoms with Crippen LogP contribution in [0.1, 0.15) is 88.5 Å². The van der Waals surface area contributed by atoms with Crippen LogP contribution in [0.4, 0.5) is 10.7 Å². The third-order valence-electron chi connectivity index (χ3n) is 7.49. The van der Waals surface area contributed by atoms with Crippen molar-refractivity contribution in [3.63, 3.8) is 0 Å². The van der Waals surface area contributed by atoms with Gasteiger partial charge in [0.2, 0.25) is 11.9 Å². The number of carbonyl (C=O) groups excluding carboxylic acids is 2. The van der Waals surface area contributed by atoms with Gasteiger partial charge in [0.15, 0.2) is 0 Å². The van der Waals surface area contributed by atoms with Gasteiger partial charge in [0.05, 0.1) is 11.2 Å². The Morgan fingerprint density at radius 1 is 1.13 bits per heavy atom. The van der Waals surface area contributed by atoms with E-state index in [1.54, 1.807) is 40.1 Å². The molecule has 2 amide bonds. The Kier molecular flexibility index (Phi) is 9.03. The summed E-state index contributed by atoms with van der Waals surface area (Å²) in [5.74, 6) is 0.486. The summed E-state index contributed by atoms with van der Waals surface area (Å²) in [5, 5.41) is 2.69. The Morgan fingerprint density at radius 2 is 1.71 bits per heavy atom. The Balaban J connectivity index is 1.70. The third kappa shape index (κ3) is 7.17. The predicted molar refractivity (Wildman–Crippen MR) is 148 cm³/mol. The molecule has 1 aromatic heterocycles. The Hall–Kier alpha value is -2.40. The lowest BCUT2D eigenvalue weighted by atomic mass is 9.81. The maximum atomic E-state index is 13.4. The molecule has 2 aliphatic heterocycles. The number of nitrogens with zero attached hydrogens (tertiary/aromatic N) is 4. The number of rotatable bonds is 7. The highest BCUT2D eigenvalue weighted by Gasteiger charge is 2.52. The number of likely N-dealkylation sites (tertiary alicyclic amines) is 1. The first kappa shape index (κ1) is 30.2. The molecule has 0 unspecified atom stereocenters. The molecule has 11 heteroatoms. The van der Waals surface area contributed by atoms with E-state index in [0.29, 0.717) is 19.0 Å². The van der Waals surface area contributed by atoms with E-state index in [9.17, 15) is 9.59 Å². The van der Waals surface area contributed by atoms with Crippen LogP contribution in [0.5, 0.6) is 0 Å². The molecule has 0 aromatic carbocycles. The van der Waals surface area contributed by atoms with Gasteiger partial charge in [-0.25, -0.2) is 14.8 Å². The van der Waals surface area contributed by atoms with E-state index in [4.69, 9.17) is 14.0 Å². The van der Waals surface area contributed by atoms with Gasteiger partial charge in [-0.15, -0.1) is 0 Å². The first-order chi connectivity index (χ1) is 17.5. The van der Waals surface area contributed by atoms with Crippen molar-refractivity contribution in [3.05, 3.63) is 12.4 Å². The van der Waals surface area contributed by atoms with Gasteiger partial charge in [-0.2, -0.15) is 0 Å². The van der Waals surface area contributed by atoms with Crippen LogP contribution in [0, 0.1) is 0 Å². The van der Waals surface area contributed by atoms with Gasteiger partial charge in [-0.05, 0) is 88.5 Å². The van der Waals surface area contributed by atoms with Crippen LogP contribution in [-0.4, -0.2) is 82.0 Å². The van der Waals surface area contributed by atoms with E-state index in [2.05, 4.69) is 34.0 Å². The lowest BCUT2D eigenvalue weighted by Crippen LogP contribution is -2.56. The van der Waals surface area contributed by atoms with Crippen molar-refractivity contribution >= 4 is 30.5 Å². The average molecular weight is 532 g/mol. The molecule has 1 aromatic rings. The van der Waals surface area contributed by atoms with Crippen molar-refractivity contribution in [3.8, 4) is 0 Å². The monoisotopic (exact) mass is 531 g/mol. The quantitative estimate of drug-likeness (QED) is 0.535. The number of ether oxygens (including phenoxy) is 1. The number of piperidine rings is 1. The molecular weight excluding hydrogens is 485 g/mol. The Morgan fingerprint density at radius 3 is 2.24 bits per heavy atom. The number of aromatic nitrogens is 2. The second-order valence-electron chi connectivity index (χ2n) is 12.7. The zero-order valence-corrected chi connectivity index (χ0v) is 24.8. The van der Waals surface area contributed by atoms with Crippen LogP contribution < -0.4 is 15.7 Å². The van der Waals surface area contributed by atoms with Crippen LogP contribution in [0.3, 0.4) is 0 Å². The summed E-state index contributed by atoms with van der Waals surface area (Å²) in [7, 11) is -0.521. The van der Waals surface area contributed by atoms with Crippen LogP contribution in [0.15, 0.2) is 12.4 Å². The molecule has 10 nitrogen and oxygen atoms in total. The molecule has 0 saturated carbocycles. The molecule has 1 N–H and O–H groups in total. The average Bonchev–Trinajstić information content (AvgIpc) is 3.02. The fraction of sp³-hybridized carbons (Fsp3) is 0.778. The second-order valence-corrected chi connectivity index (χ2v) is 12.7. The van der Waals surface area contributed by atoms with Crippen molar-refractivity contribution in [2.24, 2.45) is 0 Å². The predicted octanol–water partition coefficient (Wildman–Crippen LogP) is 3.28. The fourth-order valence-corrected chi connectivity index (χ4v) is 4.61. The largest absolute Gasteiger partial charge is 0.498 e. The van der Waals surface area contributed by atoms with E-state index in [-0.39, 0.29) is 18.0 Å². The van der Waals surface area contributed by atoms with Crippen LogP contribution in [0.25, 0.3) is 0 Å². The molecule has 2 aliphatic rings. The maximum absolute atomic E-state index is 13.4. The van der Waals surface area contributed by atoms with Crippen LogP contribution in [-0.2, 0) is 18.8 Å². The van der Waals surface area contributed by atoms with Gasteiger partial charge >= 0.3 is 13.2 Å². The number of alkyl carbamates (subject to hydrolysis) is 1. The van der Waals surface area contributed by atoms with Gasteiger partial charge in [0.1, 0.15) is 11.6 Å². The molecular formula is C27H46BN5O5. The molecule has 0 radical (unpaired) electrons. The van der Waals surface area contributed by atoms with Crippen molar-refractivity contribution in [2.45, 2.75) is 123 Å². The molecule has 3 heterocycles. The van der Waals surface area contributed by atoms with Gasteiger partial charge in [-0.3, -0.25) is 4.79 Å². The summed E-state index contributed by atoms with van der Waals surface area (Å²) in [6.45, 7) is 20.6. The maximum Gasteiger partial charge on any atom is 0.498 e. The standard InChI is InChI=1S/C27H46BN5O5/c1-18(2)33(23-29-15-20(16-30-23)28-37-26(7,8)27(9,10)38-28)17-21-13-11-12-14-32(21)22(34)19(3)31-24(35)36-25(4,5)6/h15-16,18-19,21H,11-14,17H2,1-10H3,(H,31,35)/t19-,21-/m0/s1. The number of hydrogen-bond donors (Lipinski definition) is 1. The molecule has 212 valence electrons. The van der Waals surface area contributed by atoms with Crippen LogP contribution >= 0.6 is 0 Å². The van der Waals surface area contributed by atoms with E-state index in [0.717, 1.165) is 24.7 Å². The van der Waals surface area contributed by atoms with Crippen molar-refractivity contribution in [2.75, 3.05) is 18.0 Å². The first-order valence-corrected chi connectivity index (χ1v) is 13.7. The minimum atomic E-state index is -0.687. The second kappa shape index (κ2) is 11.4. The highest BCUT2D eigenvalue weighted by Crippen LogP contribution is 2.36. The number of carbonyl (C=O) groups is 2. The van der Waals surface area contributed by atoms with Gasteiger partial charge in [-0.1, -0.05) is 0 Å². The molecule has 0 bridgehead atoms. The lowest BCUT2D eigenvalue weighted by molar-refractivity contribution is -0.136. The summed E-state index contributed by atoms with van der Waals surface area (Å²) >= 11 is 0. The number of nitrogens with one attached hydrogen (secondary N) is 1. The molecule has 38 heavy (non-hydrogen) atoms. The minimum Gasteiger partial charge on any atom is -0.444 e. The smallest absolute Gasteiger partial charge is 0.444 e. The van der Waals surface area contributed by atoms with Gasteiger partial charge < -0.3 is 29.2 Å². The highest BCUT2D eigenvalue weighted by molar-refractivity contribution is 6.61. The molecule has 2 saturated heterocycles. The van der Waals surface area contributed by atoms with Crippen molar-refractivity contribution in [1.82, 2.24) is 20.2 Å². The Bertz CT molecular complexity index is 963. The van der Waals surface area contributed by atoms with Gasteiger partial charge in [0.25, 0.3) is 0 Å². The normalized spacial score (nSPS) is 21.8. The highest BCUT2D eigenvalue weighted by atomic mass is 16.7. The summed E-state index contributed by atoms with van der Waals surface area (Å²) in [5.41, 5.74) is -0.733. The van der Waals surface area contributed by atoms with Crippen molar-refractivity contribution in [1.29, 1.82) is 0 Å². The third-order valence-corrected chi connectivity index (χ3v) is 7.49. The number of hydrogen-bond acceptors (Lipinski definition) is 8. The fourth-order valence-electron chi connectivity index (χ4n) is 4.61. The molecule has 2 fully saturated rings. The topological polar surface area (TPSA) is 106 Å². The summed E-state index contributed by atoms with van der Waals surface area (Å²) in [6.07, 6.45) is 5.78. The Labute approximate surface area is 228 Å². The van der Waals surface area contributed by atoms with E-state index in [1.807, 2.05) is 32.6 Å². The molecule has 0 spiro atoms. The molecule has 2 atom stereocenters. The summed E-state index contributed by atoms with van der Waals surface area (Å²) in [6, 6.07) is -0.588. The van der Waals surface area contributed by atoms with Crippen LogP contribution in [0.2, 0.25) is 0 Å².